The summed E-state index contributed by atoms with van der Waals surface area (Å²) < 4.78 is 0. The predicted octanol–water partition coefficient (Wildman–Crippen LogP) is -6.96. The molecule has 0 aliphatic carbocycles. The Morgan fingerprint density at radius 3 is 2.00 bits per heavy atom. The molecule has 4 heteroatoms. The van der Waals surface area contributed by atoms with Gasteiger partial charge in [0.1, 0.15) is 0 Å². The third kappa shape index (κ3) is 11.3. The summed E-state index contributed by atoms with van der Waals surface area (Å²) in [4.78, 5) is 0. The highest BCUT2D eigenvalue weighted by Gasteiger charge is 2.01. The Hall–Kier alpha value is 0.500. The van der Waals surface area contributed by atoms with Gasteiger partial charge in [-0.15, -0.1) is 0 Å². The lowest BCUT2D eigenvalue weighted by molar-refractivity contribution is -0.443. The lowest BCUT2D eigenvalue weighted by atomic mass is 10.1. The smallest absolute Gasteiger partial charge is 0.0897 e. The minimum Gasteiger partial charge on any atom is -1.00 e. The van der Waals surface area contributed by atoms with Gasteiger partial charge in [0.25, 0.3) is 0 Å². The molecule has 2 nitrogen and oxygen atoms in total. The Balaban J connectivity index is -0.000000245. The van der Waals surface area contributed by atoms with Gasteiger partial charge in [-0.2, -0.15) is 0 Å². The zero-order chi connectivity index (χ0) is 6.41. The molecule has 0 aliphatic rings. The van der Waals surface area contributed by atoms with E-state index in [0.29, 0.717) is 6.04 Å². The van der Waals surface area contributed by atoms with Crippen LogP contribution >= 0.6 is 0 Å². The van der Waals surface area contributed by atoms with E-state index in [1.165, 1.54) is 19.3 Å². The topological polar surface area (TPSA) is 55.3 Å². The first-order valence-corrected chi connectivity index (χ1v) is 3.43. The van der Waals surface area contributed by atoms with Crippen molar-refractivity contribution >= 4 is 0 Å². The van der Waals surface area contributed by atoms with E-state index in [0.717, 1.165) is 6.54 Å². The number of rotatable bonds is 4. The first kappa shape index (κ1) is 16.8. The zero-order valence-electron chi connectivity index (χ0n) is 6.58. The molecule has 0 amide bonds. The lowest BCUT2D eigenvalue weighted by Crippen LogP contribution is -3.00. The Morgan fingerprint density at radius 2 is 1.70 bits per heavy atom. The van der Waals surface area contributed by atoms with Gasteiger partial charge < -0.3 is 36.3 Å². The third-order valence-corrected chi connectivity index (χ3v) is 1.31. The third-order valence-electron chi connectivity index (χ3n) is 1.31. The first-order chi connectivity index (χ1) is 3.81. The summed E-state index contributed by atoms with van der Waals surface area (Å²) in [5.41, 5.74) is 7.75. The van der Waals surface area contributed by atoms with Crippen LogP contribution < -0.4 is 36.3 Å². The summed E-state index contributed by atoms with van der Waals surface area (Å²) in [6.07, 6.45) is 3.71. The van der Waals surface area contributed by atoms with E-state index in [1.807, 2.05) is 0 Å². The largest absolute Gasteiger partial charge is 1.00 e. The molecule has 10 heavy (non-hydrogen) atoms. The summed E-state index contributed by atoms with van der Waals surface area (Å²) in [7, 11) is 0. The number of halogens is 2. The van der Waals surface area contributed by atoms with Crippen LogP contribution in [0.4, 0.5) is 0 Å². The second-order valence-corrected chi connectivity index (χ2v) is 2.30. The molecule has 0 fully saturated rings. The van der Waals surface area contributed by atoms with Crippen molar-refractivity contribution in [3.63, 3.8) is 0 Å². The molecule has 0 aromatic heterocycles. The van der Waals surface area contributed by atoms with Crippen molar-refractivity contribution < 1.29 is 36.3 Å². The van der Waals surface area contributed by atoms with Crippen molar-refractivity contribution in [1.82, 2.24) is 0 Å². The quantitative estimate of drug-likeness (QED) is 0.441. The van der Waals surface area contributed by atoms with E-state index in [1.54, 1.807) is 0 Å². The number of quaternary nitrogens is 2. The van der Waals surface area contributed by atoms with E-state index >= 15 is 0 Å². The van der Waals surface area contributed by atoms with Gasteiger partial charge in [0.15, 0.2) is 0 Å². The summed E-state index contributed by atoms with van der Waals surface area (Å²) in [6, 6.07) is 0.650. The molecular weight excluding hydrogens is 171 g/mol. The van der Waals surface area contributed by atoms with Crippen molar-refractivity contribution in [2.45, 2.75) is 32.2 Å². The van der Waals surface area contributed by atoms with Crippen LogP contribution in [0.2, 0.25) is 0 Å². The number of hydrogen-bond acceptors (Lipinski definition) is 0. The molecule has 0 aliphatic heterocycles. The SMILES string of the molecule is CCCC([NH3+])CC[NH3+].[Cl-].[Cl-]. The van der Waals surface area contributed by atoms with Crippen molar-refractivity contribution in [3.8, 4) is 0 Å². The number of hydrogen-bond donors (Lipinski definition) is 2. The van der Waals surface area contributed by atoms with Crippen LogP contribution in [0.3, 0.4) is 0 Å². The maximum absolute atomic E-state index is 3.98. The second kappa shape index (κ2) is 12.2. The van der Waals surface area contributed by atoms with Crippen LogP contribution in [0, 0.1) is 0 Å². The highest BCUT2D eigenvalue weighted by molar-refractivity contribution is 4.49. The maximum atomic E-state index is 3.98. The molecule has 1 atom stereocenters. The van der Waals surface area contributed by atoms with E-state index in [9.17, 15) is 0 Å². The molecule has 0 spiro atoms. The fraction of sp³-hybridized carbons (Fsp3) is 1.00. The molecule has 66 valence electrons. The Labute approximate surface area is 75.5 Å². The van der Waals surface area contributed by atoms with E-state index in [2.05, 4.69) is 18.4 Å². The highest BCUT2D eigenvalue weighted by atomic mass is 35.5. The molecule has 0 aromatic rings. The van der Waals surface area contributed by atoms with Crippen LogP contribution in [0.15, 0.2) is 0 Å². The van der Waals surface area contributed by atoms with Gasteiger partial charge in [-0.3, -0.25) is 0 Å². The molecular formula is C6H18Cl2N2. The van der Waals surface area contributed by atoms with Crippen molar-refractivity contribution in [3.05, 3.63) is 0 Å². The minimum atomic E-state index is 0. The molecule has 0 bridgehead atoms. The summed E-state index contributed by atoms with van der Waals surface area (Å²) in [5, 5.41) is 0. The van der Waals surface area contributed by atoms with Crippen molar-refractivity contribution in [1.29, 1.82) is 0 Å². The predicted molar refractivity (Wildman–Crippen MR) is 34.0 cm³/mol. The normalized spacial score (nSPS) is 11.1. The zero-order valence-corrected chi connectivity index (χ0v) is 8.09. The molecule has 0 saturated heterocycles. The Kier molecular flexibility index (Phi) is 20.6. The van der Waals surface area contributed by atoms with Gasteiger partial charge in [-0.05, 0) is 6.42 Å². The summed E-state index contributed by atoms with van der Waals surface area (Å²) in [5.74, 6) is 0. The average molecular weight is 189 g/mol. The van der Waals surface area contributed by atoms with Crippen LogP contribution in [-0.2, 0) is 0 Å². The standard InChI is InChI=1S/C6H16N2.2ClH/c1-2-3-6(8)4-5-7;;/h6H,2-5,7-8H2,1H3;2*1H. The van der Waals surface area contributed by atoms with E-state index in [4.69, 9.17) is 0 Å². The summed E-state index contributed by atoms with van der Waals surface area (Å²) in [6.45, 7) is 3.23. The highest BCUT2D eigenvalue weighted by Crippen LogP contribution is 1.92. The van der Waals surface area contributed by atoms with Crippen LogP contribution in [0.25, 0.3) is 0 Å². The van der Waals surface area contributed by atoms with Gasteiger partial charge in [0.05, 0.1) is 12.6 Å². The van der Waals surface area contributed by atoms with Gasteiger partial charge in [-0.1, -0.05) is 13.3 Å². The molecule has 6 N–H and O–H groups in total. The second-order valence-electron chi connectivity index (χ2n) is 2.30. The maximum Gasteiger partial charge on any atom is 0.0897 e. The first-order valence-electron chi connectivity index (χ1n) is 3.43. The molecule has 0 saturated carbocycles. The Morgan fingerprint density at radius 1 is 1.20 bits per heavy atom. The monoisotopic (exact) mass is 188 g/mol. The van der Waals surface area contributed by atoms with Crippen molar-refractivity contribution in [2.24, 2.45) is 0 Å². The minimum absolute atomic E-state index is 0. The molecule has 0 radical (unpaired) electrons. The van der Waals surface area contributed by atoms with Crippen LogP contribution in [0.1, 0.15) is 26.2 Å². The van der Waals surface area contributed by atoms with Crippen LogP contribution in [-0.4, -0.2) is 12.6 Å². The van der Waals surface area contributed by atoms with Gasteiger partial charge in [0, 0.05) is 6.42 Å². The fourth-order valence-electron chi connectivity index (χ4n) is 0.841. The van der Waals surface area contributed by atoms with Crippen LogP contribution in [0.5, 0.6) is 0 Å². The van der Waals surface area contributed by atoms with E-state index < -0.39 is 0 Å². The average Bonchev–Trinajstić information content (AvgIpc) is 1.68. The fourth-order valence-corrected chi connectivity index (χ4v) is 0.841. The van der Waals surface area contributed by atoms with Crippen molar-refractivity contribution in [2.75, 3.05) is 6.54 Å². The summed E-state index contributed by atoms with van der Waals surface area (Å²) >= 11 is 0. The molecule has 0 rings (SSSR count). The molecule has 1 unspecified atom stereocenters. The lowest BCUT2D eigenvalue weighted by Gasteiger charge is -2.00. The molecule has 0 aromatic carbocycles. The van der Waals surface area contributed by atoms with Gasteiger partial charge >= 0.3 is 0 Å². The van der Waals surface area contributed by atoms with E-state index in [-0.39, 0.29) is 24.8 Å². The molecule has 0 heterocycles. The van der Waals surface area contributed by atoms with Gasteiger partial charge in [0.2, 0.25) is 0 Å². The Bertz CT molecular complexity index is 47.0. The van der Waals surface area contributed by atoms with Gasteiger partial charge in [-0.25, -0.2) is 0 Å².